The summed E-state index contributed by atoms with van der Waals surface area (Å²) in [5.41, 5.74) is -0.0647. The van der Waals surface area contributed by atoms with Gasteiger partial charge in [0.25, 0.3) is 0 Å². The van der Waals surface area contributed by atoms with Gasteiger partial charge < -0.3 is 0 Å². The van der Waals surface area contributed by atoms with Crippen molar-refractivity contribution in [3.05, 3.63) is 17.0 Å². The Balaban J connectivity index is 2.42. The quantitative estimate of drug-likeness (QED) is 0.459. The molecule has 0 saturated carbocycles. The first-order chi connectivity index (χ1) is 8.84. The highest BCUT2D eigenvalue weighted by atomic mass is 35.7. The molecule has 1 aliphatic rings. The Labute approximate surface area is 118 Å². The Kier molecular flexibility index (Phi) is 3.75. The van der Waals surface area contributed by atoms with Crippen LogP contribution >= 0.6 is 22.3 Å². The van der Waals surface area contributed by atoms with Gasteiger partial charge in [0.15, 0.2) is 12.1 Å². The summed E-state index contributed by atoms with van der Waals surface area (Å²) in [5, 5.41) is -1.14. The van der Waals surface area contributed by atoms with Gasteiger partial charge in [-0.05, 0) is 0 Å². The minimum absolute atomic E-state index is 0.0113. The maximum atomic E-state index is 11.8. The van der Waals surface area contributed by atoms with Crippen molar-refractivity contribution in [3.63, 3.8) is 0 Å². The zero-order valence-corrected chi connectivity index (χ0v) is 11.6. The van der Waals surface area contributed by atoms with Crippen LogP contribution < -0.4 is 4.90 Å². The Morgan fingerprint density at radius 2 is 2.11 bits per heavy atom. The van der Waals surface area contributed by atoms with Crippen molar-refractivity contribution >= 4 is 49.3 Å². The van der Waals surface area contributed by atoms with E-state index in [2.05, 4.69) is 9.97 Å². The number of rotatable bonds is 3. The molecule has 2 rings (SSSR count). The molecule has 19 heavy (non-hydrogen) atoms. The summed E-state index contributed by atoms with van der Waals surface area (Å²) in [6, 6.07) is 0. The number of halogens is 2. The third-order valence-electron chi connectivity index (χ3n) is 2.68. The van der Waals surface area contributed by atoms with Crippen LogP contribution in [-0.4, -0.2) is 42.4 Å². The standard InChI is InChI=1S/C9H7Cl2N3O4S/c10-8-6(3-15)9(13-4-12-8)14-2-5(1-7(14)16)19(11,17)18/h3-5H,1-2H2. The molecule has 1 atom stereocenters. The van der Waals surface area contributed by atoms with E-state index in [4.69, 9.17) is 22.3 Å². The second-order valence-electron chi connectivity index (χ2n) is 3.83. The molecule has 1 saturated heterocycles. The molecular weight excluding hydrogens is 317 g/mol. The first-order valence-corrected chi connectivity index (χ1v) is 7.79. The fourth-order valence-corrected chi connectivity index (χ4v) is 2.95. The van der Waals surface area contributed by atoms with E-state index in [0.29, 0.717) is 6.29 Å². The molecule has 0 aliphatic carbocycles. The number of hydrogen-bond acceptors (Lipinski definition) is 6. The summed E-state index contributed by atoms with van der Waals surface area (Å²) in [4.78, 5) is 31.2. The fraction of sp³-hybridized carbons (Fsp3) is 0.333. The predicted octanol–water partition coefficient (Wildman–Crippen LogP) is 0.616. The van der Waals surface area contributed by atoms with E-state index < -0.39 is 20.2 Å². The van der Waals surface area contributed by atoms with Crippen molar-refractivity contribution in [3.8, 4) is 0 Å². The maximum absolute atomic E-state index is 11.8. The Morgan fingerprint density at radius 3 is 2.63 bits per heavy atom. The van der Waals surface area contributed by atoms with Gasteiger partial charge in [-0.2, -0.15) is 0 Å². The van der Waals surface area contributed by atoms with Gasteiger partial charge in [-0.25, -0.2) is 18.4 Å². The van der Waals surface area contributed by atoms with Gasteiger partial charge in [0, 0.05) is 23.6 Å². The van der Waals surface area contributed by atoms with Crippen molar-refractivity contribution < 1.29 is 18.0 Å². The van der Waals surface area contributed by atoms with Crippen LogP contribution in [-0.2, 0) is 13.8 Å². The highest BCUT2D eigenvalue weighted by Crippen LogP contribution is 2.28. The molecule has 2 heterocycles. The number of carbonyl (C=O) groups is 2. The number of carbonyl (C=O) groups excluding carboxylic acids is 2. The van der Waals surface area contributed by atoms with Crippen LogP contribution in [0.1, 0.15) is 16.8 Å². The molecule has 0 bridgehead atoms. The van der Waals surface area contributed by atoms with Crippen molar-refractivity contribution in [2.75, 3.05) is 11.4 Å². The van der Waals surface area contributed by atoms with Gasteiger partial charge >= 0.3 is 0 Å². The van der Waals surface area contributed by atoms with Gasteiger partial charge in [0.1, 0.15) is 16.7 Å². The van der Waals surface area contributed by atoms with Crippen LogP contribution in [0.2, 0.25) is 5.15 Å². The molecule has 0 spiro atoms. The van der Waals surface area contributed by atoms with Crippen molar-refractivity contribution in [1.29, 1.82) is 0 Å². The first-order valence-electron chi connectivity index (χ1n) is 5.04. The molecule has 1 aliphatic heterocycles. The molecule has 10 heteroatoms. The molecule has 7 nitrogen and oxygen atoms in total. The Morgan fingerprint density at radius 1 is 1.42 bits per heavy atom. The van der Waals surface area contributed by atoms with E-state index in [1.807, 2.05) is 0 Å². The second-order valence-corrected chi connectivity index (χ2v) is 7.09. The largest absolute Gasteiger partial charge is 0.298 e. The summed E-state index contributed by atoms with van der Waals surface area (Å²) >= 11 is 5.72. The monoisotopic (exact) mass is 323 g/mol. The van der Waals surface area contributed by atoms with Crippen LogP contribution in [0.5, 0.6) is 0 Å². The molecule has 1 aromatic heterocycles. The lowest BCUT2D eigenvalue weighted by Crippen LogP contribution is -2.28. The third-order valence-corrected chi connectivity index (χ3v) is 4.84. The lowest BCUT2D eigenvalue weighted by atomic mass is 10.3. The highest BCUT2D eigenvalue weighted by Gasteiger charge is 2.39. The van der Waals surface area contributed by atoms with Gasteiger partial charge in [0.05, 0.1) is 5.56 Å². The summed E-state index contributed by atoms with van der Waals surface area (Å²) in [7, 11) is 1.37. The summed E-state index contributed by atoms with van der Waals surface area (Å²) < 4.78 is 22.5. The number of aromatic nitrogens is 2. The molecule has 1 amide bonds. The normalized spacial score (nSPS) is 19.8. The number of hydrogen-bond donors (Lipinski definition) is 0. The van der Waals surface area contributed by atoms with Gasteiger partial charge in [-0.1, -0.05) is 11.6 Å². The van der Waals surface area contributed by atoms with E-state index in [1.165, 1.54) is 0 Å². The molecule has 0 aromatic carbocycles. The molecule has 1 fully saturated rings. The Bertz CT molecular complexity index is 649. The third kappa shape index (κ3) is 2.70. The number of nitrogens with zero attached hydrogens (tertiary/aromatic N) is 3. The number of amides is 1. The SMILES string of the molecule is O=Cc1c(Cl)ncnc1N1CC(S(=O)(=O)Cl)CC1=O. The molecule has 102 valence electrons. The minimum atomic E-state index is -3.86. The molecule has 0 N–H and O–H groups in total. The van der Waals surface area contributed by atoms with Gasteiger partial charge in [-0.3, -0.25) is 14.5 Å². The van der Waals surface area contributed by atoms with E-state index in [0.717, 1.165) is 11.2 Å². The smallest absolute Gasteiger partial charge is 0.237 e. The zero-order valence-electron chi connectivity index (χ0n) is 9.29. The van der Waals surface area contributed by atoms with Crippen LogP contribution in [0.25, 0.3) is 0 Å². The molecule has 1 unspecified atom stereocenters. The lowest BCUT2D eigenvalue weighted by molar-refractivity contribution is -0.117. The number of aldehydes is 1. The summed E-state index contributed by atoms with van der Waals surface area (Å²) in [5.74, 6) is -0.505. The van der Waals surface area contributed by atoms with Crippen LogP contribution in [0.15, 0.2) is 6.33 Å². The second kappa shape index (κ2) is 5.03. The molecular formula is C9H7Cl2N3O4S. The topological polar surface area (TPSA) is 97.3 Å². The van der Waals surface area contributed by atoms with E-state index in [1.54, 1.807) is 0 Å². The van der Waals surface area contributed by atoms with E-state index in [-0.39, 0.29) is 29.5 Å². The van der Waals surface area contributed by atoms with Crippen LogP contribution in [0.4, 0.5) is 5.82 Å². The summed E-state index contributed by atoms with van der Waals surface area (Å²) in [6.07, 6.45) is 1.24. The fourth-order valence-electron chi connectivity index (χ4n) is 1.75. The first kappa shape index (κ1) is 14.2. The van der Waals surface area contributed by atoms with Crippen molar-refractivity contribution in [1.82, 2.24) is 9.97 Å². The molecule has 1 aromatic rings. The minimum Gasteiger partial charge on any atom is -0.298 e. The van der Waals surface area contributed by atoms with Crippen LogP contribution in [0, 0.1) is 0 Å². The highest BCUT2D eigenvalue weighted by molar-refractivity contribution is 8.14. The van der Waals surface area contributed by atoms with Crippen molar-refractivity contribution in [2.24, 2.45) is 0 Å². The van der Waals surface area contributed by atoms with Crippen LogP contribution in [0.3, 0.4) is 0 Å². The number of anilines is 1. The lowest BCUT2D eigenvalue weighted by Gasteiger charge is -2.16. The summed E-state index contributed by atoms with van der Waals surface area (Å²) in [6.45, 7) is -0.168. The average Bonchev–Trinajstić information content (AvgIpc) is 2.70. The average molecular weight is 324 g/mol. The predicted molar refractivity (Wildman–Crippen MR) is 68.0 cm³/mol. The molecule has 0 radical (unpaired) electrons. The van der Waals surface area contributed by atoms with Gasteiger partial charge in [-0.15, -0.1) is 0 Å². The maximum Gasteiger partial charge on any atom is 0.237 e. The van der Waals surface area contributed by atoms with Crippen molar-refractivity contribution in [2.45, 2.75) is 11.7 Å². The Hall–Kier alpha value is -1.25. The van der Waals surface area contributed by atoms with E-state index in [9.17, 15) is 18.0 Å². The zero-order chi connectivity index (χ0) is 14.2. The van der Waals surface area contributed by atoms with E-state index >= 15 is 0 Å². The van der Waals surface area contributed by atoms with Gasteiger partial charge in [0.2, 0.25) is 15.0 Å².